The van der Waals surface area contributed by atoms with Gasteiger partial charge in [-0.3, -0.25) is 0 Å². The summed E-state index contributed by atoms with van der Waals surface area (Å²) in [6.45, 7) is 6.07. The second kappa shape index (κ2) is 3.01. The van der Waals surface area contributed by atoms with E-state index in [9.17, 15) is 0 Å². The minimum atomic E-state index is 0.933. The number of rotatable bonds is 1. The molecule has 0 atom stereocenters. The minimum absolute atomic E-state index is 0.933. The van der Waals surface area contributed by atoms with E-state index in [1.54, 1.807) is 7.11 Å². The monoisotopic (exact) mass is 190 g/mol. The van der Waals surface area contributed by atoms with Gasteiger partial charge in [0.1, 0.15) is 11.4 Å². The van der Waals surface area contributed by atoms with Gasteiger partial charge < -0.3 is 9.14 Å². The predicted molar refractivity (Wildman–Crippen MR) is 56.0 cm³/mol. The van der Waals surface area contributed by atoms with Gasteiger partial charge in [0.15, 0.2) is 0 Å². The van der Waals surface area contributed by atoms with Crippen molar-refractivity contribution in [1.82, 2.24) is 9.38 Å². The molecule has 0 aliphatic carbocycles. The van der Waals surface area contributed by atoms with Crippen molar-refractivity contribution in [2.75, 3.05) is 7.11 Å². The van der Waals surface area contributed by atoms with E-state index in [0.717, 1.165) is 28.2 Å². The van der Waals surface area contributed by atoms with Crippen LogP contribution in [-0.4, -0.2) is 16.5 Å². The molecule has 0 unspecified atom stereocenters. The maximum atomic E-state index is 5.34. The van der Waals surface area contributed by atoms with Crippen LogP contribution in [-0.2, 0) is 0 Å². The molecular weight excluding hydrogens is 176 g/mol. The molecule has 0 radical (unpaired) electrons. The van der Waals surface area contributed by atoms with Crippen LogP contribution >= 0.6 is 0 Å². The van der Waals surface area contributed by atoms with Gasteiger partial charge in [0.2, 0.25) is 0 Å². The van der Waals surface area contributed by atoms with Gasteiger partial charge in [-0.05, 0) is 20.8 Å². The zero-order valence-corrected chi connectivity index (χ0v) is 8.96. The van der Waals surface area contributed by atoms with E-state index in [0.29, 0.717) is 0 Å². The number of aromatic nitrogens is 2. The van der Waals surface area contributed by atoms with Crippen LogP contribution in [0.4, 0.5) is 0 Å². The lowest BCUT2D eigenvalue weighted by atomic mass is 10.2. The Morgan fingerprint density at radius 3 is 2.57 bits per heavy atom. The third-order valence-corrected chi connectivity index (χ3v) is 2.42. The summed E-state index contributed by atoms with van der Waals surface area (Å²) in [6, 6.07) is 0. The first-order valence-electron chi connectivity index (χ1n) is 4.63. The smallest absolute Gasteiger partial charge is 0.143 e. The zero-order valence-electron chi connectivity index (χ0n) is 8.96. The third kappa shape index (κ3) is 1.16. The first-order chi connectivity index (χ1) is 6.63. The van der Waals surface area contributed by atoms with Gasteiger partial charge in [0.25, 0.3) is 0 Å². The van der Waals surface area contributed by atoms with E-state index in [-0.39, 0.29) is 0 Å². The van der Waals surface area contributed by atoms with Gasteiger partial charge in [-0.2, -0.15) is 0 Å². The van der Waals surface area contributed by atoms with Crippen LogP contribution in [0.25, 0.3) is 5.65 Å². The number of hydrogen-bond donors (Lipinski definition) is 0. The number of methoxy groups -OCH3 is 1. The van der Waals surface area contributed by atoms with Crippen molar-refractivity contribution in [3.05, 3.63) is 29.2 Å². The van der Waals surface area contributed by atoms with Gasteiger partial charge in [0, 0.05) is 23.5 Å². The molecule has 0 saturated heterocycles. The highest BCUT2D eigenvalue weighted by Crippen LogP contribution is 2.25. The minimum Gasteiger partial charge on any atom is -0.496 e. The van der Waals surface area contributed by atoms with Crippen LogP contribution in [0.3, 0.4) is 0 Å². The van der Waals surface area contributed by atoms with Crippen molar-refractivity contribution in [3.8, 4) is 5.75 Å². The summed E-state index contributed by atoms with van der Waals surface area (Å²) in [5.41, 5.74) is 4.24. The van der Waals surface area contributed by atoms with E-state index >= 15 is 0 Å². The normalized spacial score (nSPS) is 10.9. The molecule has 0 aliphatic rings. The van der Waals surface area contributed by atoms with E-state index in [2.05, 4.69) is 4.98 Å². The lowest BCUT2D eigenvalue weighted by molar-refractivity contribution is 0.408. The number of nitrogens with zero attached hydrogens (tertiary/aromatic N) is 2. The van der Waals surface area contributed by atoms with E-state index in [4.69, 9.17) is 4.74 Å². The summed E-state index contributed by atoms with van der Waals surface area (Å²) in [4.78, 5) is 4.45. The molecule has 0 N–H and O–H groups in total. The largest absolute Gasteiger partial charge is 0.496 e. The summed E-state index contributed by atoms with van der Waals surface area (Å²) in [7, 11) is 1.70. The van der Waals surface area contributed by atoms with Gasteiger partial charge >= 0.3 is 0 Å². The van der Waals surface area contributed by atoms with Crippen LogP contribution in [0.15, 0.2) is 12.4 Å². The number of aryl methyl sites for hydroxylation is 3. The standard InChI is InChI=1S/C11H14N2O/c1-7-5-13-6-8(2)12-11(13)9(3)10(7)14-4/h5-6H,1-4H3. The van der Waals surface area contributed by atoms with Crippen LogP contribution in [0.1, 0.15) is 16.8 Å². The summed E-state index contributed by atoms with van der Waals surface area (Å²) in [5.74, 6) is 0.933. The lowest BCUT2D eigenvalue weighted by Crippen LogP contribution is -1.96. The number of pyridine rings is 1. The summed E-state index contributed by atoms with van der Waals surface area (Å²) in [5, 5.41) is 0. The fraction of sp³-hybridized carbons (Fsp3) is 0.364. The van der Waals surface area contributed by atoms with Crippen molar-refractivity contribution in [2.45, 2.75) is 20.8 Å². The van der Waals surface area contributed by atoms with E-state index < -0.39 is 0 Å². The maximum Gasteiger partial charge on any atom is 0.143 e. The van der Waals surface area contributed by atoms with Gasteiger partial charge in [0.05, 0.1) is 12.8 Å². The highest BCUT2D eigenvalue weighted by Gasteiger charge is 2.09. The number of imidazole rings is 1. The molecule has 0 aliphatic heterocycles. The second-order valence-corrected chi connectivity index (χ2v) is 3.58. The average molecular weight is 190 g/mol. The number of ether oxygens (including phenoxy) is 1. The van der Waals surface area contributed by atoms with Crippen LogP contribution in [0, 0.1) is 20.8 Å². The molecule has 2 rings (SSSR count). The van der Waals surface area contributed by atoms with Gasteiger partial charge in [-0.25, -0.2) is 4.98 Å². The Morgan fingerprint density at radius 2 is 1.93 bits per heavy atom. The molecular formula is C11H14N2O. The van der Waals surface area contributed by atoms with Crippen molar-refractivity contribution >= 4 is 5.65 Å². The summed E-state index contributed by atoms with van der Waals surface area (Å²) < 4.78 is 7.38. The Labute approximate surface area is 83.3 Å². The molecule has 3 nitrogen and oxygen atoms in total. The summed E-state index contributed by atoms with van der Waals surface area (Å²) >= 11 is 0. The van der Waals surface area contributed by atoms with Crippen molar-refractivity contribution in [2.24, 2.45) is 0 Å². The lowest BCUT2D eigenvalue weighted by Gasteiger charge is -2.09. The first-order valence-corrected chi connectivity index (χ1v) is 4.63. The molecule has 2 aromatic rings. The maximum absolute atomic E-state index is 5.34. The van der Waals surface area contributed by atoms with Crippen LogP contribution in [0.5, 0.6) is 5.75 Å². The molecule has 3 heteroatoms. The molecule has 0 saturated carbocycles. The molecule has 14 heavy (non-hydrogen) atoms. The van der Waals surface area contributed by atoms with Gasteiger partial charge in [-0.1, -0.05) is 0 Å². The van der Waals surface area contributed by atoms with Crippen LogP contribution in [0.2, 0.25) is 0 Å². The van der Waals surface area contributed by atoms with Crippen molar-refractivity contribution < 1.29 is 4.74 Å². The van der Waals surface area contributed by atoms with Crippen LogP contribution < -0.4 is 4.74 Å². The predicted octanol–water partition coefficient (Wildman–Crippen LogP) is 2.27. The second-order valence-electron chi connectivity index (χ2n) is 3.58. The highest BCUT2D eigenvalue weighted by atomic mass is 16.5. The fourth-order valence-electron chi connectivity index (χ4n) is 1.87. The molecule has 0 aromatic carbocycles. The first kappa shape index (κ1) is 9.06. The molecule has 0 fully saturated rings. The zero-order chi connectivity index (χ0) is 10.3. The van der Waals surface area contributed by atoms with Crippen molar-refractivity contribution in [3.63, 3.8) is 0 Å². The molecule has 2 aromatic heterocycles. The summed E-state index contributed by atoms with van der Waals surface area (Å²) in [6.07, 6.45) is 4.07. The molecule has 0 amide bonds. The topological polar surface area (TPSA) is 26.5 Å². The number of fused-ring (bicyclic) bond motifs is 1. The molecule has 0 bridgehead atoms. The Bertz CT molecular complexity index is 485. The Morgan fingerprint density at radius 1 is 1.21 bits per heavy atom. The third-order valence-electron chi connectivity index (χ3n) is 2.42. The van der Waals surface area contributed by atoms with E-state index in [1.807, 2.05) is 37.6 Å². The number of hydrogen-bond acceptors (Lipinski definition) is 2. The SMILES string of the molecule is COc1c(C)cn2cc(C)nc2c1C. The fourth-order valence-corrected chi connectivity index (χ4v) is 1.87. The Balaban J connectivity index is 2.84. The average Bonchev–Trinajstić information content (AvgIpc) is 2.47. The van der Waals surface area contributed by atoms with E-state index in [1.165, 1.54) is 0 Å². The Hall–Kier alpha value is -1.51. The Kier molecular flexibility index (Phi) is 1.95. The molecule has 0 spiro atoms. The highest BCUT2D eigenvalue weighted by molar-refractivity contribution is 5.57. The quantitative estimate of drug-likeness (QED) is 0.689. The van der Waals surface area contributed by atoms with Crippen molar-refractivity contribution in [1.29, 1.82) is 0 Å². The molecule has 2 heterocycles. The van der Waals surface area contributed by atoms with Gasteiger partial charge in [-0.15, -0.1) is 0 Å². The molecule has 74 valence electrons.